The molecule has 0 saturated heterocycles. The van der Waals surface area contributed by atoms with Crippen molar-refractivity contribution in [2.75, 3.05) is 13.7 Å². The summed E-state index contributed by atoms with van der Waals surface area (Å²) in [5.74, 6) is 0.845. The van der Waals surface area contributed by atoms with Crippen LogP contribution in [0.5, 0.6) is 11.5 Å². The molecule has 1 amide bonds. The molecular weight excluding hydrogens is 356 g/mol. The van der Waals surface area contributed by atoms with Gasteiger partial charge in [-0.05, 0) is 48.6 Å². The van der Waals surface area contributed by atoms with Crippen molar-refractivity contribution in [1.29, 1.82) is 0 Å². The van der Waals surface area contributed by atoms with Crippen LogP contribution in [0.2, 0.25) is 0 Å². The third-order valence-corrected chi connectivity index (χ3v) is 4.50. The number of aromatic nitrogens is 1. The summed E-state index contributed by atoms with van der Waals surface area (Å²) in [5.41, 5.74) is 1.22. The average Bonchev–Trinajstić information content (AvgIpc) is 2.71. The average molecular weight is 380 g/mol. The zero-order chi connectivity index (χ0) is 20.1. The van der Waals surface area contributed by atoms with Crippen molar-refractivity contribution in [2.24, 2.45) is 0 Å². The highest BCUT2D eigenvalue weighted by molar-refractivity contribution is 5.97. The van der Waals surface area contributed by atoms with E-state index < -0.39 is 11.5 Å². The molecule has 0 bridgehead atoms. The monoisotopic (exact) mass is 380 g/mol. The molecule has 1 atom stereocenters. The molecule has 0 spiro atoms. The fraction of sp³-hybridized carbons (Fsp3) is 0.273. The van der Waals surface area contributed by atoms with Crippen molar-refractivity contribution in [1.82, 2.24) is 10.3 Å². The topological polar surface area (TPSA) is 80.4 Å². The Bertz CT molecular complexity index is 1040. The highest BCUT2D eigenvalue weighted by Crippen LogP contribution is 2.30. The summed E-state index contributed by atoms with van der Waals surface area (Å²) in [7, 11) is 1.58. The number of pyridine rings is 1. The maximum absolute atomic E-state index is 12.7. The first-order valence-corrected chi connectivity index (χ1v) is 9.27. The zero-order valence-corrected chi connectivity index (χ0v) is 16.2. The van der Waals surface area contributed by atoms with Gasteiger partial charge in [-0.25, -0.2) is 0 Å². The van der Waals surface area contributed by atoms with Crippen molar-refractivity contribution in [3.8, 4) is 11.5 Å². The van der Waals surface area contributed by atoms with Gasteiger partial charge >= 0.3 is 0 Å². The Morgan fingerprint density at radius 2 is 1.93 bits per heavy atom. The lowest BCUT2D eigenvalue weighted by atomic mass is 10.1. The van der Waals surface area contributed by atoms with E-state index in [0.717, 1.165) is 17.4 Å². The largest absolute Gasteiger partial charge is 0.493 e. The Kier molecular flexibility index (Phi) is 5.99. The van der Waals surface area contributed by atoms with Gasteiger partial charge in [0.05, 0.1) is 19.8 Å². The Balaban J connectivity index is 1.81. The Morgan fingerprint density at radius 3 is 2.68 bits per heavy atom. The smallest absolute Gasteiger partial charge is 0.261 e. The summed E-state index contributed by atoms with van der Waals surface area (Å²) in [5, 5.41) is 3.68. The number of rotatable bonds is 7. The predicted molar refractivity (Wildman–Crippen MR) is 109 cm³/mol. The molecule has 1 aromatic heterocycles. The van der Waals surface area contributed by atoms with Crippen LogP contribution < -0.4 is 20.3 Å². The number of ether oxygens (including phenoxy) is 2. The summed E-state index contributed by atoms with van der Waals surface area (Å²) in [6.07, 6.45) is 0.900. The van der Waals surface area contributed by atoms with Gasteiger partial charge in [-0.2, -0.15) is 0 Å². The zero-order valence-electron chi connectivity index (χ0n) is 16.2. The lowest BCUT2D eigenvalue weighted by molar-refractivity contribution is 0.0938. The summed E-state index contributed by atoms with van der Waals surface area (Å²) in [6, 6.07) is 14.2. The van der Waals surface area contributed by atoms with Crippen molar-refractivity contribution in [3.05, 3.63) is 70.0 Å². The molecule has 0 aliphatic carbocycles. The fourth-order valence-electron chi connectivity index (χ4n) is 2.96. The number of amides is 1. The summed E-state index contributed by atoms with van der Waals surface area (Å²) in [4.78, 5) is 27.7. The lowest BCUT2D eigenvalue weighted by Gasteiger charge is -2.17. The van der Waals surface area contributed by atoms with E-state index in [-0.39, 0.29) is 11.6 Å². The highest BCUT2D eigenvalue weighted by Gasteiger charge is 2.17. The molecule has 0 aliphatic heterocycles. The van der Waals surface area contributed by atoms with Crippen LogP contribution in [0, 0.1) is 0 Å². The number of carbonyl (C=O) groups excluding carboxylic acids is 1. The van der Waals surface area contributed by atoms with Crippen LogP contribution in [0.15, 0.2) is 53.3 Å². The number of para-hydroxylation sites is 1. The van der Waals surface area contributed by atoms with Crippen LogP contribution in [0.4, 0.5) is 0 Å². The van der Waals surface area contributed by atoms with E-state index in [4.69, 9.17) is 9.47 Å². The molecule has 0 aliphatic rings. The second-order valence-corrected chi connectivity index (χ2v) is 6.55. The quantitative estimate of drug-likeness (QED) is 0.653. The molecule has 1 unspecified atom stereocenters. The number of carbonyl (C=O) groups is 1. The second kappa shape index (κ2) is 8.61. The first kappa shape index (κ1) is 19.5. The number of aromatic amines is 1. The Hall–Kier alpha value is -3.28. The minimum Gasteiger partial charge on any atom is -0.493 e. The van der Waals surface area contributed by atoms with Crippen LogP contribution in [0.1, 0.15) is 42.2 Å². The SMILES string of the molecule is CCCOc1ccc(C(C)NC(=O)c2cc3ccccc3[nH]c2=O)cc1OC. The number of hydrogen-bond donors (Lipinski definition) is 2. The van der Waals surface area contributed by atoms with Gasteiger partial charge in [0.2, 0.25) is 0 Å². The van der Waals surface area contributed by atoms with Gasteiger partial charge in [0, 0.05) is 5.52 Å². The van der Waals surface area contributed by atoms with E-state index >= 15 is 0 Å². The van der Waals surface area contributed by atoms with Gasteiger partial charge in [0.25, 0.3) is 11.5 Å². The van der Waals surface area contributed by atoms with Gasteiger partial charge < -0.3 is 19.8 Å². The predicted octanol–water partition coefficient (Wildman–Crippen LogP) is 3.82. The van der Waals surface area contributed by atoms with E-state index in [9.17, 15) is 9.59 Å². The summed E-state index contributed by atoms with van der Waals surface area (Å²) < 4.78 is 11.1. The number of benzene rings is 2. The summed E-state index contributed by atoms with van der Waals surface area (Å²) in [6.45, 7) is 4.49. The molecule has 146 valence electrons. The van der Waals surface area contributed by atoms with Gasteiger partial charge in [0.15, 0.2) is 11.5 Å². The van der Waals surface area contributed by atoms with Gasteiger partial charge in [0.1, 0.15) is 5.56 Å². The standard InChI is InChI=1S/C22H24N2O4/c1-4-11-28-19-10-9-15(13-20(19)27-3)14(2)23-21(25)17-12-16-7-5-6-8-18(16)24-22(17)26/h5-10,12-14H,4,11H2,1-3H3,(H,23,25)(H,24,26). The minimum atomic E-state index is -0.426. The van der Waals surface area contributed by atoms with Gasteiger partial charge in [-0.15, -0.1) is 0 Å². The minimum absolute atomic E-state index is 0.0837. The molecule has 0 radical (unpaired) electrons. The maximum Gasteiger partial charge on any atom is 0.261 e. The number of fused-ring (bicyclic) bond motifs is 1. The van der Waals surface area contributed by atoms with Gasteiger partial charge in [-0.3, -0.25) is 9.59 Å². The van der Waals surface area contributed by atoms with E-state index in [0.29, 0.717) is 23.6 Å². The molecule has 2 aromatic carbocycles. The van der Waals surface area contributed by atoms with E-state index in [1.165, 1.54) is 0 Å². The van der Waals surface area contributed by atoms with Gasteiger partial charge in [-0.1, -0.05) is 31.2 Å². The fourth-order valence-corrected chi connectivity index (χ4v) is 2.96. The Morgan fingerprint density at radius 1 is 1.14 bits per heavy atom. The molecule has 0 fully saturated rings. The molecule has 1 heterocycles. The molecule has 28 heavy (non-hydrogen) atoms. The lowest BCUT2D eigenvalue weighted by Crippen LogP contribution is -2.31. The third-order valence-electron chi connectivity index (χ3n) is 4.50. The molecule has 6 heteroatoms. The highest BCUT2D eigenvalue weighted by atomic mass is 16.5. The second-order valence-electron chi connectivity index (χ2n) is 6.55. The van der Waals surface area contributed by atoms with E-state index in [2.05, 4.69) is 10.3 Å². The molecule has 3 rings (SSSR count). The van der Waals surface area contributed by atoms with Crippen molar-refractivity contribution in [2.45, 2.75) is 26.3 Å². The van der Waals surface area contributed by atoms with Crippen LogP contribution in [-0.4, -0.2) is 24.6 Å². The summed E-state index contributed by atoms with van der Waals surface area (Å²) >= 11 is 0. The third kappa shape index (κ3) is 4.17. The van der Waals surface area contributed by atoms with E-state index in [1.54, 1.807) is 19.2 Å². The first-order valence-electron chi connectivity index (χ1n) is 9.27. The number of H-pyrrole nitrogens is 1. The van der Waals surface area contributed by atoms with Crippen molar-refractivity contribution >= 4 is 16.8 Å². The normalized spacial score (nSPS) is 11.8. The number of nitrogens with one attached hydrogen (secondary N) is 2. The van der Waals surface area contributed by atoms with Crippen LogP contribution >= 0.6 is 0 Å². The number of hydrogen-bond acceptors (Lipinski definition) is 4. The molecule has 0 saturated carbocycles. The van der Waals surface area contributed by atoms with E-state index in [1.807, 2.05) is 50.2 Å². The van der Waals surface area contributed by atoms with Crippen LogP contribution in [0.25, 0.3) is 10.9 Å². The van der Waals surface area contributed by atoms with Crippen molar-refractivity contribution in [3.63, 3.8) is 0 Å². The molecule has 6 nitrogen and oxygen atoms in total. The molecular formula is C22H24N2O4. The molecule has 3 aromatic rings. The number of methoxy groups -OCH3 is 1. The van der Waals surface area contributed by atoms with Crippen LogP contribution in [0.3, 0.4) is 0 Å². The van der Waals surface area contributed by atoms with Crippen molar-refractivity contribution < 1.29 is 14.3 Å². The first-order chi connectivity index (χ1) is 13.5. The maximum atomic E-state index is 12.7. The van der Waals surface area contributed by atoms with Crippen LogP contribution in [-0.2, 0) is 0 Å². The Labute approximate surface area is 163 Å². The molecule has 2 N–H and O–H groups in total.